The topological polar surface area (TPSA) is 95.5 Å². The Balaban J connectivity index is 2.51. The van der Waals surface area contributed by atoms with Crippen LogP contribution in [0.15, 0.2) is 18.2 Å². The van der Waals surface area contributed by atoms with E-state index >= 15 is 0 Å². The Kier molecular flexibility index (Phi) is 6.68. The van der Waals surface area contributed by atoms with Gasteiger partial charge in [0.05, 0.1) is 10.6 Å². The summed E-state index contributed by atoms with van der Waals surface area (Å²) >= 11 is 5.97. The first kappa shape index (κ1) is 17.0. The van der Waals surface area contributed by atoms with Crippen molar-refractivity contribution in [3.63, 3.8) is 0 Å². The second-order valence-electron chi connectivity index (χ2n) is 4.42. The molecule has 0 atom stereocenters. The number of hydrogen-bond acceptors (Lipinski definition) is 3. The average Bonchev–Trinajstić information content (AvgIpc) is 2.43. The SMILES string of the molecule is CNC(=O)c1ccc(NC(=O)CCCCC(=O)O)cc1Cl. The molecule has 0 aliphatic heterocycles. The Bertz CT molecular complexity index is 546. The van der Waals surface area contributed by atoms with Gasteiger partial charge in [0, 0.05) is 25.6 Å². The van der Waals surface area contributed by atoms with Crippen molar-refractivity contribution >= 4 is 35.1 Å². The molecular formula is C14H17ClN2O4. The van der Waals surface area contributed by atoms with E-state index in [1.807, 2.05) is 0 Å². The molecule has 0 saturated heterocycles. The molecule has 7 heteroatoms. The van der Waals surface area contributed by atoms with E-state index in [2.05, 4.69) is 10.6 Å². The second kappa shape index (κ2) is 8.26. The molecule has 0 saturated carbocycles. The Hall–Kier alpha value is -2.08. The fourth-order valence-electron chi connectivity index (χ4n) is 1.70. The number of carbonyl (C=O) groups is 3. The molecule has 114 valence electrons. The van der Waals surface area contributed by atoms with Crippen molar-refractivity contribution in [1.29, 1.82) is 0 Å². The number of unbranched alkanes of at least 4 members (excludes halogenated alkanes) is 1. The summed E-state index contributed by atoms with van der Waals surface area (Å²) in [7, 11) is 1.51. The first-order valence-electron chi connectivity index (χ1n) is 6.47. The van der Waals surface area contributed by atoms with Gasteiger partial charge < -0.3 is 15.7 Å². The summed E-state index contributed by atoms with van der Waals surface area (Å²) < 4.78 is 0. The molecule has 3 N–H and O–H groups in total. The Morgan fingerprint density at radius 3 is 2.43 bits per heavy atom. The smallest absolute Gasteiger partial charge is 0.303 e. The van der Waals surface area contributed by atoms with Gasteiger partial charge in [0.15, 0.2) is 0 Å². The highest BCUT2D eigenvalue weighted by Crippen LogP contribution is 2.21. The number of amides is 2. The first-order valence-corrected chi connectivity index (χ1v) is 6.85. The van der Waals surface area contributed by atoms with Crippen molar-refractivity contribution < 1.29 is 19.5 Å². The van der Waals surface area contributed by atoms with E-state index in [0.717, 1.165) is 0 Å². The molecule has 21 heavy (non-hydrogen) atoms. The molecule has 0 bridgehead atoms. The van der Waals surface area contributed by atoms with E-state index in [9.17, 15) is 14.4 Å². The van der Waals surface area contributed by atoms with Gasteiger partial charge in [0.2, 0.25) is 5.91 Å². The minimum absolute atomic E-state index is 0.0555. The van der Waals surface area contributed by atoms with E-state index in [0.29, 0.717) is 24.1 Å². The highest BCUT2D eigenvalue weighted by atomic mass is 35.5. The van der Waals surface area contributed by atoms with Crippen LogP contribution < -0.4 is 10.6 Å². The lowest BCUT2D eigenvalue weighted by molar-refractivity contribution is -0.137. The van der Waals surface area contributed by atoms with Crippen LogP contribution in [0.2, 0.25) is 5.02 Å². The number of hydrogen-bond donors (Lipinski definition) is 3. The summed E-state index contributed by atoms with van der Waals surface area (Å²) in [6, 6.07) is 4.62. The number of carbonyl (C=O) groups excluding carboxylic acids is 2. The monoisotopic (exact) mass is 312 g/mol. The van der Waals surface area contributed by atoms with Crippen molar-refractivity contribution in [2.24, 2.45) is 0 Å². The highest BCUT2D eigenvalue weighted by Gasteiger charge is 2.10. The second-order valence-corrected chi connectivity index (χ2v) is 4.83. The molecule has 0 unspecified atom stereocenters. The summed E-state index contributed by atoms with van der Waals surface area (Å²) in [5, 5.41) is 13.9. The third-order valence-electron chi connectivity index (χ3n) is 2.77. The van der Waals surface area contributed by atoms with Crippen LogP contribution in [0, 0.1) is 0 Å². The summed E-state index contributed by atoms with van der Waals surface area (Å²) in [5.74, 6) is -1.39. The molecule has 0 heterocycles. The van der Waals surface area contributed by atoms with Gasteiger partial charge in [-0.05, 0) is 31.0 Å². The number of aliphatic carboxylic acids is 1. The number of anilines is 1. The molecule has 6 nitrogen and oxygen atoms in total. The van der Waals surface area contributed by atoms with Gasteiger partial charge in [-0.25, -0.2) is 0 Å². The number of halogens is 1. The van der Waals surface area contributed by atoms with E-state index in [1.165, 1.54) is 19.2 Å². The van der Waals surface area contributed by atoms with Gasteiger partial charge in [-0.3, -0.25) is 14.4 Å². The zero-order chi connectivity index (χ0) is 15.8. The van der Waals surface area contributed by atoms with Crippen LogP contribution in [0.5, 0.6) is 0 Å². The van der Waals surface area contributed by atoms with Crippen LogP contribution in [0.4, 0.5) is 5.69 Å². The lowest BCUT2D eigenvalue weighted by atomic mass is 10.1. The van der Waals surface area contributed by atoms with E-state index < -0.39 is 5.97 Å². The van der Waals surface area contributed by atoms with Crippen LogP contribution in [0.1, 0.15) is 36.0 Å². The van der Waals surface area contributed by atoms with Gasteiger partial charge in [-0.15, -0.1) is 0 Å². The summed E-state index contributed by atoms with van der Waals surface area (Å²) in [5.41, 5.74) is 0.828. The summed E-state index contributed by atoms with van der Waals surface area (Å²) in [4.78, 5) is 33.5. The lowest BCUT2D eigenvalue weighted by Crippen LogP contribution is -2.18. The van der Waals surface area contributed by atoms with Crippen molar-refractivity contribution in [2.75, 3.05) is 12.4 Å². The van der Waals surface area contributed by atoms with Crippen molar-refractivity contribution in [1.82, 2.24) is 5.32 Å². The predicted octanol–water partition coefficient (Wildman–Crippen LogP) is 2.28. The zero-order valence-corrected chi connectivity index (χ0v) is 12.4. The molecule has 0 fully saturated rings. The number of rotatable bonds is 7. The number of carboxylic acid groups (broad SMARTS) is 1. The predicted molar refractivity (Wildman–Crippen MR) is 79.6 cm³/mol. The molecular weight excluding hydrogens is 296 g/mol. The van der Waals surface area contributed by atoms with Gasteiger partial charge in [0.1, 0.15) is 0 Å². The molecule has 1 aromatic carbocycles. The minimum atomic E-state index is -0.869. The number of carboxylic acids is 1. The maximum Gasteiger partial charge on any atom is 0.303 e. The maximum absolute atomic E-state index is 11.7. The maximum atomic E-state index is 11.7. The number of nitrogens with one attached hydrogen (secondary N) is 2. The fraction of sp³-hybridized carbons (Fsp3) is 0.357. The van der Waals surface area contributed by atoms with Crippen LogP contribution in [-0.2, 0) is 9.59 Å². The normalized spacial score (nSPS) is 10.0. The molecule has 0 aliphatic carbocycles. The van der Waals surface area contributed by atoms with Crippen molar-refractivity contribution in [2.45, 2.75) is 25.7 Å². The molecule has 1 aromatic rings. The Labute approximate surface area is 127 Å². The largest absolute Gasteiger partial charge is 0.481 e. The van der Waals surface area contributed by atoms with E-state index in [4.69, 9.17) is 16.7 Å². The minimum Gasteiger partial charge on any atom is -0.481 e. The van der Waals surface area contributed by atoms with Gasteiger partial charge >= 0.3 is 5.97 Å². The standard InChI is InChI=1S/C14H17ClN2O4/c1-16-14(21)10-7-6-9(8-11(10)15)17-12(18)4-2-3-5-13(19)20/h6-8H,2-5H2,1H3,(H,16,21)(H,17,18)(H,19,20). The molecule has 0 spiro atoms. The lowest BCUT2D eigenvalue weighted by Gasteiger charge is -2.08. The average molecular weight is 313 g/mol. The van der Waals surface area contributed by atoms with Crippen molar-refractivity contribution in [3.8, 4) is 0 Å². The molecule has 0 aromatic heterocycles. The van der Waals surface area contributed by atoms with E-state index in [-0.39, 0.29) is 29.7 Å². The fourth-order valence-corrected chi connectivity index (χ4v) is 1.96. The molecule has 1 rings (SSSR count). The quantitative estimate of drug-likeness (QED) is 0.673. The zero-order valence-electron chi connectivity index (χ0n) is 11.6. The highest BCUT2D eigenvalue weighted by molar-refractivity contribution is 6.34. The summed E-state index contributed by atoms with van der Waals surface area (Å²) in [6.45, 7) is 0. The van der Waals surface area contributed by atoms with Gasteiger partial charge in [-0.1, -0.05) is 11.6 Å². The third kappa shape index (κ3) is 5.83. The van der Waals surface area contributed by atoms with Crippen LogP contribution >= 0.6 is 11.6 Å². The molecule has 0 aliphatic rings. The Morgan fingerprint density at radius 2 is 1.86 bits per heavy atom. The van der Waals surface area contributed by atoms with Crippen LogP contribution in [0.25, 0.3) is 0 Å². The molecule has 2 amide bonds. The first-order chi connectivity index (χ1) is 9.93. The van der Waals surface area contributed by atoms with Crippen LogP contribution in [-0.4, -0.2) is 29.9 Å². The Morgan fingerprint density at radius 1 is 1.19 bits per heavy atom. The molecule has 0 radical (unpaired) electrons. The third-order valence-corrected chi connectivity index (χ3v) is 3.08. The van der Waals surface area contributed by atoms with Crippen LogP contribution in [0.3, 0.4) is 0 Å². The van der Waals surface area contributed by atoms with Crippen molar-refractivity contribution in [3.05, 3.63) is 28.8 Å². The van der Waals surface area contributed by atoms with Gasteiger partial charge in [-0.2, -0.15) is 0 Å². The summed E-state index contributed by atoms with van der Waals surface area (Å²) in [6.07, 6.45) is 1.25. The van der Waals surface area contributed by atoms with Gasteiger partial charge in [0.25, 0.3) is 5.91 Å². The van der Waals surface area contributed by atoms with E-state index in [1.54, 1.807) is 6.07 Å². The number of benzene rings is 1.